The molecule has 28 heavy (non-hydrogen) atoms. The monoisotopic (exact) mass is 384 g/mol. The van der Waals surface area contributed by atoms with Crippen LogP contribution in [0, 0.1) is 0 Å². The van der Waals surface area contributed by atoms with E-state index in [0.29, 0.717) is 31.1 Å². The number of carbonyl (C=O) groups excluding carboxylic acids is 3. The molecule has 3 N–H and O–H groups in total. The molecule has 4 heterocycles. The lowest BCUT2D eigenvalue weighted by atomic mass is 10.0. The average Bonchev–Trinajstić information content (AvgIpc) is 3.36. The molecule has 8 nitrogen and oxygen atoms in total. The zero-order chi connectivity index (χ0) is 19.3. The van der Waals surface area contributed by atoms with Crippen LogP contribution in [0.25, 0.3) is 0 Å². The molecular weight excluding hydrogens is 360 g/mol. The Kier molecular flexibility index (Phi) is 4.22. The predicted octanol–water partition coefficient (Wildman–Crippen LogP) is -0.332. The van der Waals surface area contributed by atoms with Crippen LogP contribution in [0.15, 0.2) is 18.2 Å². The van der Waals surface area contributed by atoms with Gasteiger partial charge in [0, 0.05) is 44.2 Å². The van der Waals surface area contributed by atoms with Crippen molar-refractivity contribution < 1.29 is 19.1 Å². The van der Waals surface area contributed by atoms with Gasteiger partial charge >= 0.3 is 0 Å². The van der Waals surface area contributed by atoms with Crippen molar-refractivity contribution in [2.24, 2.45) is 0 Å². The molecule has 0 aliphatic carbocycles. The summed E-state index contributed by atoms with van der Waals surface area (Å²) in [5, 5.41) is 9.31. The van der Waals surface area contributed by atoms with Crippen LogP contribution in [-0.4, -0.2) is 60.0 Å². The third-order valence-corrected chi connectivity index (χ3v) is 6.36. The molecule has 1 aromatic carbocycles. The smallest absolute Gasteiger partial charge is 0.255 e. The first-order valence-electron chi connectivity index (χ1n) is 9.88. The summed E-state index contributed by atoms with van der Waals surface area (Å²) in [7, 11) is 0. The Morgan fingerprint density at radius 3 is 2.89 bits per heavy atom. The Labute approximate surface area is 163 Å². The summed E-state index contributed by atoms with van der Waals surface area (Å²) in [6.07, 6.45) is 1.68. The zero-order valence-electron chi connectivity index (χ0n) is 15.6. The van der Waals surface area contributed by atoms with Crippen molar-refractivity contribution in [1.82, 2.24) is 20.9 Å². The molecule has 0 aromatic heterocycles. The van der Waals surface area contributed by atoms with Gasteiger partial charge in [-0.3, -0.25) is 19.7 Å². The minimum absolute atomic E-state index is 0.114. The molecule has 1 aromatic rings. The summed E-state index contributed by atoms with van der Waals surface area (Å²) >= 11 is 0. The number of piperidine rings is 1. The highest BCUT2D eigenvalue weighted by molar-refractivity contribution is 6.05. The standard InChI is InChI=1S/C20H24N4O4/c25-17-5-4-16(18(26)23-17)24-8-15-12(2-1-3-14(15)19(24)27)7-21-10-20-6-13(9-28-20)22-11-20/h1-3,13,16,21-22H,4-11H2,(H,23,25,26). The van der Waals surface area contributed by atoms with Crippen LogP contribution >= 0.6 is 0 Å². The Morgan fingerprint density at radius 1 is 1.29 bits per heavy atom. The molecule has 3 unspecified atom stereocenters. The fraction of sp³-hybridized carbons (Fsp3) is 0.550. The highest BCUT2D eigenvalue weighted by atomic mass is 16.5. The molecule has 4 aliphatic heterocycles. The molecule has 3 saturated heterocycles. The summed E-state index contributed by atoms with van der Waals surface area (Å²) in [5.74, 6) is -0.780. The van der Waals surface area contributed by atoms with Crippen molar-refractivity contribution in [3.05, 3.63) is 34.9 Å². The Morgan fingerprint density at radius 2 is 2.18 bits per heavy atom. The highest BCUT2D eigenvalue weighted by Gasteiger charge is 2.46. The number of nitrogens with one attached hydrogen (secondary N) is 3. The quantitative estimate of drug-likeness (QED) is 0.601. The largest absolute Gasteiger partial charge is 0.371 e. The Bertz CT molecular complexity index is 847. The van der Waals surface area contributed by atoms with Gasteiger partial charge in [0.2, 0.25) is 11.8 Å². The van der Waals surface area contributed by atoms with Gasteiger partial charge in [-0.05, 0) is 30.0 Å². The summed E-state index contributed by atoms with van der Waals surface area (Å²) in [6.45, 7) is 3.47. The lowest BCUT2D eigenvalue weighted by Crippen LogP contribution is -2.52. The first kappa shape index (κ1) is 17.8. The summed E-state index contributed by atoms with van der Waals surface area (Å²) in [5.41, 5.74) is 2.58. The van der Waals surface area contributed by atoms with E-state index in [0.717, 1.165) is 37.2 Å². The topological polar surface area (TPSA) is 99.8 Å². The zero-order valence-corrected chi connectivity index (χ0v) is 15.6. The van der Waals surface area contributed by atoms with E-state index in [2.05, 4.69) is 16.0 Å². The second-order valence-electron chi connectivity index (χ2n) is 8.22. The minimum Gasteiger partial charge on any atom is -0.371 e. The second kappa shape index (κ2) is 6.65. The molecule has 8 heteroatoms. The van der Waals surface area contributed by atoms with Crippen molar-refractivity contribution in [3.63, 3.8) is 0 Å². The molecule has 0 spiro atoms. The minimum atomic E-state index is -0.578. The summed E-state index contributed by atoms with van der Waals surface area (Å²) in [4.78, 5) is 38.1. The molecule has 2 bridgehead atoms. The fourth-order valence-electron chi connectivity index (χ4n) is 4.86. The van der Waals surface area contributed by atoms with Gasteiger partial charge in [-0.15, -0.1) is 0 Å². The number of hydrogen-bond donors (Lipinski definition) is 3. The molecule has 0 radical (unpaired) electrons. The molecular formula is C20H24N4O4. The highest BCUT2D eigenvalue weighted by Crippen LogP contribution is 2.32. The Hall–Kier alpha value is -2.29. The van der Waals surface area contributed by atoms with Crippen LogP contribution in [0.4, 0.5) is 0 Å². The molecule has 5 rings (SSSR count). The van der Waals surface area contributed by atoms with Crippen LogP contribution in [-0.2, 0) is 27.4 Å². The maximum atomic E-state index is 12.9. The normalized spacial score (nSPS) is 31.4. The molecule has 3 fully saturated rings. The number of imide groups is 1. The van der Waals surface area contributed by atoms with Crippen molar-refractivity contribution in [2.45, 2.75) is 50.0 Å². The first-order chi connectivity index (χ1) is 13.5. The first-order valence-corrected chi connectivity index (χ1v) is 9.88. The molecule has 3 atom stereocenters. The van der Waals surface area contributed by atoms with E-state index in [1.54, 1.807) is 4.90 Å². The van der Waals surface area contributed by atoms with Crippen LogP contribution in [0.2, 0.25) is 0 Å². The molecule has 0 saturated carbocycles. The van der Waals surface area contributed by atoms with E-state index in [1.165, 1.54) is 0 Å². The number of carbonyl (C=O) groups is 3. The van der Waals surface area contributed by atoms with Gasteiger partial charge in [-0.25, -0.2) is 0 Å². The van der Waals surface area contributed by atoms with Crippen molar-refractivity contribution in [1.29, 1.82) is 0 Å². The third kappa shape index (κ3) is 2.92. The number of benzene rings is 1. The lowest BCUT2D eigenvalue weighted by Gasteiger charge is -2.29. The van der Waals surface area contributed by atoms with Crippen molar-refractivity contribution >= 4 is 17.7 Å². The van der Waals surface area contributed by atoms with Gasteiger partial charge in [0.15, 0.2) is 0 Å². The lowest BCUT2D eigenvalue weighted by molar-refractivity contribution is -0.136. The van der Waals surface area contributed by atoms with Gasteiger partial charge < -0.3 is 20.3 Å². The Balaban J connectivity index is 1.28. The van der Waals surface area contributed by atoms with Crippen LogP contribution in [0.5, 0.6) is 0 Å². The maximum Gasteiger partial charge on any atom is 0.255 e. The number of nitrogens with zero attached hydrogens (tertiary/aromatic N) is 1. The number of fused-ring (bicyclic) bond motifs is 3. The predicted molar refractivity (Wildman–Crippen MR) is 99.3 cm³/mol. The number of ether oxygens (including phenoxy) is 1. The van der Waals surface area contributed by atoms with Crippen LogP contribution in [0.1, 0.15) is 40.7 Å². The van der Waals surface area contributed by atoms with E-state index in [1.807, 2.05) is 18.2 Å². The van der Waals surface area contributed by atoms with E-state index in [-0.39, 0.29) is 29.7 Å². The molecule has 148 valence electrons. The number of morpholine rings is 1. The van der Waals surface area contributed by atoms with Gasteiger partial charge in [0.25, 0.3) is 5.91 Å². The summed E-state index contributed by atoms with van der Waals surface area (Å²) in [6, 6.07) is 5.63. The number of amides is 3. The van der Waals surface area contributed by atoms with Crippen molar-refractivity contribution in [3.8, 4) is 0 Å². The van der Waals surface area contributed by atoms with E-state index >= 15 is 0 Å². The number of rotatable bonds is 5. The van der Waals surface area contributed by atoms with Gasteiger partial charge in [0.05, 0.1) is 12.2 Å². The van der Waals surface area contributed by atoms with Crippen molar-refractivity contribution in [2.75, 3.05) is 19.7 Å². The van der Waals surface area contributed by atoms with Gasteiger partial charge in [0.1, 0.15) is 6.04 Å². The van der Waals surface area contributed by atoms with Crippen LogP contribution in [0.3, 0.4) is 0 Å². The SMILES string of the molecule is O=C1CCC(N2Cc3c(CNCC45CNC(CO4)C5)cccc3C2=O)C(=O)N1. The average molecular weight is 384 g/mol. The van der Waals surface area contributed by atoms with E-state index in [9.17, 15) is 14.4 Å². The van der Waals surface area contributed by atoms with Gasteiger partial charge in [-0.1, -0.05) is 12.1 Å². The molecule has 3 amide bonds. The third-order valence-electron chi connectivity index (χ3n) is 6.36. The second-order valence-corrected chi connectivity index (χ2v) is 8.22. The van der Waals surface area contributed by atoms with Gasteiger partial charge in [-0.2, -0.15) is 0 Å². The van der Waals surface area contributed by atoms with Crippen LogP contribution < -0.4 is 16.0 Å². The fourth-order valence-corrected chi connectivity index (χ4v) is 4.86. The van der Waals surface area contributed by atoms with E-state index < -0.39 is 6.04 Å². The molecule has 4 aliphatic rings. The van der Waals surface area contributed by atoms with E-state index in [4.69, 9.17) is 4.74 Å². The summed E-state index contributed by atoms with van der Waals surface area (Å²) < 4.78 is 5.94. The maximum absolute atomic E-state index is 12.9. The number of hydrogen-bond acceptors (Lipinski definition) is 6.